The van der Waals surface area contributed by atoms with E-state index in [0.717, 1.165) is 16.0 Å². The molecule has 2 aromatic carbocycles. The summed E-state index contributed by atoms with van der Waals surface area (Å²) in [6.07, 6.45) is -0.724. The number of rotatable bonds is 7. The molecule has 1 aliphatic rings. The number of β-amino-alcohol motifs (C(OH)–C–C–N with tert-alkyl or cyclic N) is 1. The molecule has 0 unspecified atom stereocenters. The predicted molar refractivity (Wildman–Crippen MR) is 106 cm³/mol. The average molecular weight is 393 g/mol. The summed E-state index contributed by atoms with van der Waals surface area (Å²) in [6.45, 7) is 3.36. The van der Waals surface area contributed by atoms with Crippen molar-refractivity contribution in [2.45, 2.75) is 31.9 Å². The van der Waals surface area contributed by atoms with E-state index in [0.29, 0.717) is 17.7 Å². The monoisotopic (exact) mass is 393 g/mol. The third kappa shape index (κ3) is 4.39. The topological polar surface area (TPSA) is 103 Å². The van der Waals surface area contributed by atoms with E-state index in [-0.39, 0.29) is 13.2 Å². The van der Waals surface area contributed by atoms with Crippen LogP contribution >= 0.6 is 0 Å². The molecule has 3 amide bonds. The molecular formula is C22H23N3O4. The Balaban J connectivity index is 1.60. The summed E-state index contributed by atoms with van der Waals surface area (Å²) in [5, 5.41) is 21.7. The number of nitrogens with one attached hydrogen (secondary N) is 1. The van der Waals surface area contributed by atoms with Crippen molar-refractivity contribution >= 4 is 11.9 Å². The van der Waals surface area contributed by atoms with Crippen molar-refractivity contribution in [2.75, 3.05) is 13.2 Å². The quantitative estimate of drug-likeness (QED) is 0.703. The van der Waals surface area contributed by atoms with Crippen molar-refractivity contribution in [1.29, 1.82) is 5.26 Å². The number of nitriles is 1. The highest BCUT2D eigenvalue weighted by Gasteiger charge is 2.49. The van der Waals surface area contributed by atoms with Crippen LogP contribution in [-0.2, 0) is 16.8 Å². The van der Waals surface area contributed by atoms with Crippen LogP contribution in [0.1, 0.15) is 23.6 Å². The van der Waals surface area contributed by atoms with E-state index < -0.39 is 23.6 Å². The van der Waals surface area contributed by atoms with Gasteiger partial charge in [-0.15, -0.1) is 0 Å². The maximum absolute atomic E-state index is 12.9. The van der Waals surface area contributed by atoms with Gasteiger partial charge < -0.3 is 15.2 Å². The number of nitrogens with zero attached hydrogens (tertiary/aromatic N) is 2. The summed E-state index contributed by atoms with van der Waals surface area (Å²) < 4.78 is 5.53. The zero-order chi connectivity index (χ0) is 21.0. The Bertz CT molecular complexity index is 934. The molecule has 1 aliphatic heterocycles. The molecule has 3 rings (SSSR count). The van der Waals surface area contributed by atoms with Gasteiger partial charge in [0.15, 0.2) is 0 Å². The minimum absolute atomic E-state index is 0.0735. The molecule has 7 nitrogen and oxygen atoms in total. The molecule has 0 radical (unpaired) electrons. The molecule has 2 aromatic rings. The number of hydrogen-bond acceptors (Lipinski definition) is 5. The first-order valence-corrected chi connectivity index (χ1v) is 9.31. The molecule has 0 aliphatic carbocycles. The van der Waals surface area contributed by atoms with Crippen molar-refractivity contribution in [3.05, 3.63) is 65.2 Å². The molecule has 150 valence electrons. The molecule has 2 atom stereocenters. The number of carbonyl (C=O) groups excluding carboxylic acids is 2. The Morgan fingerprint density at radius 2 is 1.83 bits per heavy atom. The zero-order valence-corrected chi connectivity index (χ0v) is 16.4. The maximum atomic E-state index is 12.9. The van der Waals surface area contributed by atoms with E-state index in [9.17, 15) is 14.7 Å². The number of aliphatic hydroxyl groups excluding tert-OH is 1. The standard InChI is InChI=1S/C22H23N3O4/c1-15-3-7-17(8-4-15)22(2)20(27)25(21(28)24-22)13-18(26)14-29-19-9-5-16(6-10-19)11-12-23/h3-10,18,26H,11,13-14H2,1-2H3,(H,24,28)/t18-,22+/m1/s1. The Labute approximate surface area is 169 Å². The lowest BCUT2D eigenvalue weighted by Gasteiger charge is -2.23. The maximum Gasteiger partial charge on any atom is 0.325 e. The summed E-state index contributed by atoms with van der Waals surface area (Å²) in [6, 6.07) is 15.9. The van der Waals surface area contributed by atoms with E-state index in [2.05, 4.69) is 11.4 Å². The number of carbonyl (C=O) groups is 2. The van der Waals surface area contributed by atoms with Gasteiger partial charge in [-0.2, -0.15) is 5.26 Å². The zero-order valence-electron chi connectivity index (χ0n) is 16.4. The van der Waals surface area contributed by atoms with Gasteiger partial charge in [0.2, 0.25) is 0 Å². The summed E-state index contributed by atoms with van der Waals surface area (Å²) in [7, 11) is 0. The highest BCUT2D eigenvalue weighted by atomic mass is 16.5. The van der Waals surface area contributed by atoms with Crippen molar-refractivity contribution in [2.24, 2.45) is 0 Å². The molecule has 1 saturated heterocycles. The van der Waals surface area contributed by atoms with Gasteiger partial charge in [-0.05, 0) is 37.1 Å². The molecule has 0 spiro atoms. The predicted octanol–water partition coefficient (Wildman–Crippen LogP) is 2.27. The molecule has 0 bridgehead atoms. The van der Waals surface area contributed by atoms with Crippen LogP contribution in [0.5, 0.6) is 5.75 Å². The van der Waals surface area contributed by atoms with Crippen molar-refractivity contribution < 1.29 is 19.4 Å². The number of aryl methyl sites for hydroxylation is 1. The normalized spacial score (nSPS) is 19.6. The van der Waals surface area contributed by atoms with Crippen LogP contribution in [-0.4, -0.2) is 41.2 Å². The molecule has 0 saturated carbocycles. The molecule has 29 heavy (non-hydrogen) atoms. The van der Waals surface area contributed by atoms with Crippen LogP contribution in [0.4, 0.5) is 4.79 Å². The number of amides is 3. The van der Waals surface area contributed by atoms with E-state index in [4.69, 9.17) is 10.00 Å². The SMILES string of the molecule is Cc1ccc([C@]2(C)NC(=O)N(C[C@@H](O)COc3ccc(CC#N)cc3)C2=O)cc1. The Kier molecular flexibility index (Phi) is 5.85. The lowest BCUT2D eigenvalue weighted by molar-refractivity contribution is -0.132. The van der Waals surface area contributed by atoms with Crippen molar-refractivity contribution in [3.63, 3.8) is 0 Å². The molecule has 0 aromatic heterocycles. The minimum Gasteiger partial charge on any atom is -0.491 e. The Morgan fingerprint density at radius 1 is 1.17 bits per heavy atom. The summed E-state index contributed by atoms with van der Waals surface area (Å²) in [5.74, 6) is 0.124. The van der Waals surface area contributed by atoms with Gasteiger partial charge >= 0.3 is 6.03 Å². The first kappa shape index (κ1) is 20.4. The number of benzene rings is 2. The number of urea groups is 1. The van der Waals surface area contributed by atoms with Gasteiger partial charge in [-0.1, -0.05) is 42.0 Å². The van der Waals surface area contributed by atoms with Gasteiger partial charge in [-0.3, -0.25) is 9.69 Å². The smallest absolute Gasteiger partial charge is 0.325 e. The summed E-state index contributed by atoms with van der Waals surface area (Å²) >= 11 is 0. The van der Waals surface area contributed by atoms with Crippen molar-refractivity contribution in [3.8, 4) is 11.8 Å². The van der Waals surface area contributed by atoms with Crippen LogP contribution < -0.4 is 10.1 Å². The van der Waals surface area contributed by atoms with E-state index in [1.807, 2.05) is 31.2 Å². The minimum atomic E-state index is -1.16. The second-order valence-corrected chi connectivity index (χ2v) is 7.28. The molecule has 7 heteroatoms. The van der Waals surface area contributed by atoms with Crippen LogP contribution in [0.15, 0.2) is 48.5 Å². The van der Waals surface area contributed by atoms with Gasteiger partial charge in [0.05, 0.1) is 19.0 Å². The summed E-state index contributed by atoms with van der Waals surface area (Å²) in [4.78, 5) is 26.3. The summed E-state index contributed by atoms with van der Waals surface area (Å²) in [5.41, 5.74) is 1.45. The average Bonchev–Trinajstić information content (AvgIpc) is 2.92. The third-order valence-electron chi connectivity index (χ3n) is 4.95. The first-order valence-electron chi connectivity index (χ1n) is 9.31. The van der Waals surface area contributed by atoms with Gasteiger partial charge in [0, 0.05) is 0 Å². The second kappa shape index (κ2) is 8.33. The largest absolute Gasteiger partial charge is 0.491 e. The third-order valence-corrected chi connectivity index (χ3v) is 4.95. The van der Waals surface area contributed by atoms with Crippen LogP contribution in [0.3, 0.4) is 0 Å². The molecule has 1 fully saturated rings. The fraction of sp³-hybridized carbons (Fsp3) is 0.318. The number of hydrogen-bond donors (Lipinski definition) is 2. The first-order chi connectivity index (χ1) is 13.8. The fourth-order valence-corrected chi connectivity index (χ4v) is 3.20. The van der Waals surface area contributed by atoms with E-state index >= 15 is 0 Å². The van der Waals surface area contributed by atoms with Crippen LogP contribution in [0.2, 0.25) is 0 Å². The van der Waals surface area contributed by atoms with Gasteiger partial charge in [0.25, 0.3) is 5.91 Å². The van der Waals surface area contributed by atoms with Crippen LogP contribution in [0.25, 0.3) is 0 Å². The fourth-order valence-electron chi connectivity index (χ4n) is 3.20. The lowest BCUT2D eigenvalue weighted by Crippen LogP contribution is -2.42. The number of aliphatic hydroxyl groups is 1. The van der Waals surface area contributed by atoms with E-state index in [1.54, 1.807) is 31.2 Å². The number of imide groups is 1. The highest BCUT2D eigenvalue weighted by Crippen LogP contribution is 2.29. The Hall–Kier alpha value is -3.37. The Morgan fingerprint density at radius 3 is 2.45 bits per heavy atom. The van der Waals surface area contributed by atoms with Gasteiger partial charge in [-0.25, -0.2) is 4.79 Å². The van der Waals surface area contributed by atoms with Crippen molar-refractivity contribution in [1.82, 2.24) is 10.2 Å². The number of ether oxygens (including phenoxy) is 1. The van der Waals surface area contributed by atoms with E-state index in [1.165, 1.54) is 0 Å². The molecular weight excluding hydrogens is 370 g/mol. The highest BCUT2D eigenvalue weighted by molar-refractivity contribution is 6.07. The molecule has 2 N–H and O–H groups in total. The van der Waals surface area contributed by atoms with Gasteiger partial charge in [0.1, 0.15) is 24.0 Å². The lowest BCUT2D eigenvalue weighted by atomic mass is 9.91. The van der Waals surface area contributed by atoms with Crippen LogP contribution in [0, 0.1) is 18.3 Å². The second-order valence-electron chi connectivity index (χ2n) is 7.28. The molecule has 1 heterocycles.